The Balaban J connectivity index is 3.15. The summed E-state index contributed by atoms with van der Waals surface area (Å²) in [4.78, 5) is 9.50. The second-order valence-corrected chi connectivity index (χ2v) is 5.47. The Kier molecular flexibility index (Phi) is 4.40. The fraction of sp³-hybridized carbons (Fsp3) is 0.250. The lowest BCUT2D eigenvalue weighted by molar-refractivity contribution is -0.385. The molecule has 0 radical (unpaired) electrons. The molecule has 17 heavy (non-hydrogen) atoms. The largest absolute Gasteiger partial charge is 0.395 e. The number of halogens is 1. The molecule has 0 saturated carbocycles. The van der Waals surface area contributed by atoms with Crippen LogP contribution in [0.5, 0.6) is 0 Å². The van der Waals surface area contributed by atoms with Crippen molar-refractivity contribution >= 4 is 27.5 Å². The summed E-state index contributed by atoms with van der Waals surface area (Å²) in [6, 6.07) is 4.51. The minimum Gasteiger partial charge on any atom is -0.395 e. The predicted molar refractivity (Wildman–Crippen MR) is 59.9 cm³/mol. The quantitative estimate of drug-likeness (QED) is 0.487. The Hall–Kier alpha value is -1.22. The zero-order valence-corrected chi connectivity index (χ0v) is 10.1. The zero-order chi connectivity index (χ0) is 13.1. The van der Waals surface area contributed by atoms with Gasteiger partial charge in [0.05, 0.1) is 23.0 Å². The maximum Gasteiger partial charge on any atom is 0.270 e. The topological polar surface area (TPSA) is 101 Å². The van der Waals surface area contributed by atoms with E-state index in [1.165, 1.54) is 18.2 Å². The molecule has 0 atom stereocenters. The van der Waals surface area contributed by atoms with Crippen LogP contribution < -0.4 is 0 Å². The van der Waals surface area contributed by atoms with Gasteiger partial charge >= 0.3 is 0 Å². The molecule has 0 amide bonds. The molecule has 1 rings (SSSR count). The lowest BCUT2D eigenvalue weighted by Crippen LogP contribution is -2.24. The summed E-state index contributed by atoms with van der Waals surface area (Å²) in [6.45, 7) is -0.746. The Morgan fingerprint density at radius 1 is 1.47 bits per heavy atom. The lowest BCUT2D eigenvalue weighted by Gasteiger charge is -2.12. The van der Waals surface area contributed by atoms with Gasteiger partial charge in [0.15, 0.2) is 0 Å². The summed E-state index contributed by atoms with van der Waals surface area (Å²) in [5, 5.41) is 19.1. The van der Waals surface area contributed by atoms with Crippen molar-refractivity contribution in [3.63, 3.8) is 0 Å². The molecule has 94 valence electrons. The fourth-order valence-corrected chi connectivity index (χ4v) is 2.46. The summed E-state index contributed by atoms with van der Waals surface area (Å²) >= 11 is 5.45. The average molecular weight is 281 g/mol. The van der Waals surface area contributed by atoms with E-state index in [-0.39, 0.29) is 17.1 Å². The number of benzene rings is 1. The third kappa shape index (κ3) is 3.13. The molecule has 1 aromatic carbocycles. The maximum atomic E-state index is 11.8. The first-order chi connectivity index (χ1) is 7.89. The summed E-state index contributed by atoms with van der Waals surface area (Å²) in [5.74, 6) is 0. The molecular weight excluding hydrogens is 272 g/mol. The molecule has 0 aliphatic rings. The van der Waals surface area contributed by atoms with Crippen LogP contribution in [0.1, 0.15) is 0 Å². The van der Waals surface area contributed by atoms with Crippen LogP contribution in [0.3, 0.4) is 0 Å². The van der Waals surface area contributed by atoms with Crippen LogP contribution in [-0.2, 0) is 10.0 Å². The number of nitrogens with zero attached hydrogens (tertiary/aromatic N) is 2. The maximum absolute atomic E-state index is 11.8. The Labute approximate surface area is 103 Å². The van der Waals surface area contributed by atoms with Crippen molar-refractivity contribution in [3.8, 4) is 0 Å². The standard InChI is InChI=1S/C8H9ClN2O5S/c9-10(4-5-12)17(15,16)8-3-1-2-7(6-8)11(13)14/h1-3,6,12H,4-5H2. The zero-order valence-electron chi connectivity index (χ0n) is 8.48. The number of sulfonamides is 1. The molecule has 1 aromatic rings. The van der Waals surface area contributed by atoms with Gasteiger partial charge in [-0.2, -0.15) is 0 Å². The summed E-state index contributed by atoms with van der Waals surface area (Å²) in [6.07, 6.45) is 0. The summed E-state index contributed by atoms with van der Waals surface area (Å²) in [7, 11) is -4.02. The number of rotatable bonds is 5. The van der Waals surface area contributed by atoms with Crippen molar-refractivity contribution in [2.45, 2.75) is 4.90 Å². The first kappa shape index (κ1) is 13.8. The summed E-state index contributed by atoms with van der Waals surface area (Å²) < 4.78 is 23.9. The Bertz CT molecular complexity index is 518. The van der Waals surface area contributed by atoms with Crippen LogP contribution in [0.4, 0.5) is 5.69 Å². The van der Waals surface area contributed by atoms with E-state index in [2.05, 4.69) is 0 Å². The van der Waals surface area contributed by atoms with Crippen molar-refractivity contribution < 1.29 is 18.4 Å². The van der Waals surface area contributed by atoms with Gasteiger partial charge < -0.3 is 5.11 Å². The van der Waals surface area contributed by atoms with Gasteiger partial charge in [0.25, 0.3) is 15.7 Å². The molecule has 1 N–H and O–H groups in total. The number of hydrogen-bond donors (Lipinski definition) is 1. The van der Waals surface area contributed by atoms with Gasteiger partial charge in [-0.1, -0.05) is 6.07 Å². The van der Waals surface area contributed by atoms with Gasteiger partial charge in [-0.3, -0.25) is 10.1 Å². The van der Waals surface area contributed by atoms with Crippen LogP contribution in [0.15, 0.2) is 29.2 Å². The van der Waals surface area contributed by atoms with Gasteiger partial charge in [-0.05, 0) is 17.8 Å². The van der Waals surface area contributed by atoms with E-state index < -0.39 is 21.6 Å². The Morgan fingerprint density at radius 3 is 2.65 bits per heavy atom. The lowest BCUT2D eigenvalue weighted by atomic mass is 10.3. The first-order valence-electron chi connectivity index (χ1n) is 4.43. The van der Waals surface area contributed by atoms with Crippen LogP contribution in [-0.4, -0.2) is 35.4 Å². The highest BCUT2D eigenvalue weighted by Gasteiger charge is 2.24. The van der Waals surface area contributed by atoms with E-state index in [1.807, 2.05) is 0 Å². The van der Waals surface area contributed by atoms with E-state index in [9.17, 15) is 18.5 Å². The number of nitro benzene ring substituents is 1. The third-order valence-corrected chi connectivity index (χ3v) is 4.13. The summed E-state index contributed by atoms with van der Waals surface area (Å²) in [5.41, 5.74) is -0.347. The molecule has 9 heteroatoms. The Morgan fingerprint density at radius 2 is 2.12 bits per heavy atom. The molecule has 0 saturated heterocycles. The minimum atomic E-state index is -4.02. The number of aliphatic hydroxyl groups is 1. The van der Waals surface area contributed by atoms with Gasteiger partial charge in [0.2, 0.25) is 0 Å². The van der Waals surface area contributed by atoms with Crippen molar-refractivity contribution in [2.75, 3.05) is 13.2 Å². The molecule has 0 spiro atoms. The highest BCUT2D eigenvalue weighted by atomic mass is 35.5. The van der Waals surface area contributed by atoms with Gasteiger partial charge in [0, 0.05) is 12.1 Å². The van der Waals surface area contributed by atoms with Crippen molar-refractivity contribution in [1.29, 1.82) is 0 Å². The van der Waals surface area contributed by atoms with E-state index in [0.29, 0.717) is 3.82 Å². The van der Waals surface area contributed by atoms with Gasteiger partial charge in [-0.15, -0.1) is 3.82 Å². The second kappa shape index (κ2) is 5.41. The normalized spacial score (nSPS) is 11.7. The van der Waals surface area contributed by atoms with Crippen LogP contribution in [0.2, 0.25) is 0 Å². The fourth-order valence-electron chi connectivity index (χ4n) is 1.07. The molecule has 0 fully saturated rings. The van der Waals surface area contributed by atoms with E-state index >= 15 is 0 Å². The molecule has 7 nitrogen and oxygen atoms in total. The third-order valence-electron chi connectivity index (χ3n) is 1.86. The monoisotopic (exact) mass is 280 g/mol. The molecule has 0 aliphatic heterocycles. The number of hydrogen-bond acceptors (Lipinski definition) is 5. The van der Waals surface area contributed by atoms with E-state index in [0.717, 1.165) is 6.07 Å². The average Bonchev–Trinajstić information content (AvgIpc) is 2.29. The van der Waals surface area contributed by atoms with E-state index in [1.54, 1.807) is 0 Å². The van der Waals surface area contributed by atoms with Crippen LogP contribution in [0.25, 0.3) is 0 Å². The number of non-ortho nitro benzene ring substituents is 1. The van der Waals surface area contributed by atoms with Gasteiger partial charge in [-0.25, -0.2) is 8.42 Å². The first-order valence-corrected chi connectivity index (χ1v) is 6.21. The van der Waals surface area contributed by atoms with Crippen molar-refractivity contribution in [1.82, 2.24) is 3.82 Å². The smallest absolute Gasteiger partial charge is 0.270 e. The SMILES string of the molecule is O=[N+]([O-])c1cccc(S(=O)(=O)N(Cl)CCO)c1. The highest BCUT2D eigenvalue weighted by Crippen LogP contribution is 2.21. The molecule has 0 bridgehead atoms. The minimum absolute atomic E-state index is 0.296. The van der Waals surface area contributed by atoms with Crippen LogP contribution in [0, 0.1) is 10.1 Å². The number of nitro groups is 1. The van der Waals surface area contributed by atoms with E-state index in [4.69, 9.17) is 16.9 Å². The highest BCUT2D eigenvalue weighted by molar-refractivity contribution is 7.90. The molecule has 0 unspecified atom stereocenters. The van der Waals surface area contributed by atoms with Crippen molar-refractivity contribution in [3.05, 3.63) is 34.4 Å². The van der Waals surface area contributed by atoms with Gasteiger partial charge in [0.1, 0.15) is 0 Å². The molecule has 0 aromatic heterocycles. The van der Waals surface area contributed by atoms with Crippen molar-refractivity contribution in [2.24, 2.45) is 0 Å². The second-order valence-electron chi connectivity index (χ2n) is 2.99. The molecule has 0 aliphatic carbocycles. The van der Waals surface area contributed by atoms with Crippen LogP contribution >= 0.6 is 11.8 Å². The molecule has 0 heterocycles. The molecular formula is C8H9ClN2O5S. The predicted octanol–water partition coefficient (Wildman–Crippen LogP) is 0.732. The number of aliphatic hydroxyl groups excluding tert-OH is 1.